The zero-order valence-corrected chi connectivity index (χ0v) is 24.1. The molecule has 8 nitrogen and oxygen atoms in total. The molecule has 2 N–H and O–H groups in total. The first-order valence-corrected chi connectivity index (χ1v) is 12.2. The van der Waals surface area contributed by atoms with Crippen molar-refractivity contribution in [3.8, 4) is 11.5 Å². The van der Waals surface area contributed by atoms with Gasteiger partial charge < -0.3 is 30.0 Å². The molecule has 0 aliphatic heterocycles. The van der Waals surface area contributed by atoms with Crippen LogP contribution in [0.25, 0.3) is 10.8 Å². The third-order valence-corrected chi connectivity index (χ3v) is 5.26. The van der Waals surface area contributed by atoms with Crippen molar-refractivity contribution in [2.24, 2.45) is 9.98 Å². The van der Waals surface area contributed by atoms with Gasteiger partial charge in [0.05, 0.1) is 22.5 Å². The van der Waals surface area contributed by atoms with Gasteiger partial charge in [0.25, 0.3) is 0 Å². The van der Waals surface area contributed by atoms with Gasteiger partial charge >= 0.3 is 29.1 Å². The van der Waals surface area contributed by atoms with Gasteiger partial charge in [-0.25, -0.2) is 0 Å². The molecule has 0 unspecified atom stereocenters. The topological polar surface area (TPSA) is 145 Å². The summed E-state index contributed by atoms with van der Waals surface area (Å²) in [5, 5.41) is 38.8. The number of nitrogens with zero attached hydrogens (tertiary/aromatic N) is 2. The number of carboxylic acids is 2. The summed E-state index contributed by atoms with van der Waals surface area (Å²) < 4.78 is 78.3. The predicted molar refractivity (Wildman–Crippen MR) is 146 cm³/mol. The number of carbonyl (C=O) groups excluding carboxylic acids is 2. The summed E-state index contributed by atoms with van der Waals surface area (Å²) in [4.78, 5) is 26.3. The Hall–Kier alpha value is -4.89. The van der Waals surface area contributed by atoms with E-state index in [9.17, 15) is 36.6 Å². The average molecular weight is 679 g/mol. The van der Waals surface area contributed by atoms with Crippen LogP contribution < -0.4 is 10.2 Å². The second kappa shape index (κ2) is 16.3. The summed E-state index contributed by atoms with van der Waals surface area (Å²) >= 11 is 0. The Kier molecular flexibility index (Phi) is 13.8. The monoisotopic (exact) mass is 679 g/mol. The van der Waals surface area contributed by atoms with E-state index < -0.39 is 46.9 Å². The van der Waals surface area contributed by atoms with E-state index in [-0.39, 0.29) is 27.9 Å². The summed E-state index contributed by atoms with van der Waals surface area (Å²) in [6.07, 6.45) is -7.05. The van der Waals surface area contributed by atoms with Crippen molar-refractivity contribution in [3.05, 3.63) is 95.1 Å². The number of hydrogen-bond acceptors (Lipinski definition) is 8. The Labute approximate surface area is 262 Å². The van der Waals surface area contributed by atoms with E-state index in [1.54, 1.807) is 36.4 Å². The van der Waals surface area contributed by atoms with Crippen LogP contribution in [0, 0.1) is 0 Å². The quantitative estimate of drug-likeness (QED) is 0.221. The molecule has 0 heterocycles. The molecule has 4 rings (SSSR count). The van der Waals surface area contributed by atoms with E-state index in [0.717, 1.165) is 62.7 Å². The summed E-state index contributed by atoms with van der Waals surface area (Å²) in [6, 6.07) is 14.8. The second-order valence-electron chi connectivity index (χ2n) is 8.69. The van der Waals surface area contributed by atoms with Gasteiger partial charge in [0.15, 0.2) is 0 Å². The minimum atomic E-state index is -4.60. The number of carbonyl (C=O) groups is 2. The fraction of sp³-hybridized carbons (Fsp3) is 0.133. The van der Waals surface area contributed by atoms with E-state index >= 15 is 0 Å². The fourth-order valence-corrected chi connectivity index (χ4v) is 3.46. The number of rotatable bonds is 4. The molecule has 0 aliphatic carbocycles. The Morgan fingerprint density at radius 3 is 1.31 bits per heavy atom. The number of fused-ring (bicyclic) bond motifs is 1. The van der Waals surface area contributed by atoms with Crippen molar-refractivity contribution in [2.75, 3.05) is 0 Å². The Morgan fingerprint density at radius 1 is 0.667 bits per heavy atom. The van der Waals surface area contributed by atoms with Gasteiger partial charge in [-0.05, 0) is 67.8 Å². The summed E-state index contributed by atoms with van der Waals surface area (Å²) in [7, 11) is 0. The van der Waals surface area contributed by atoms with E-state index in [1.807, 2.05) is 0 Å². The van der Waals surface area contributed by atoms with Crippen molar-refractivity contribution in [2.45, 2.75) is 26.2 Å². The van der Waals surface area contributed by atoms with Crippen LogP contribution in [0.1, 0.15) is 36.1 Å². The molecule has 0 spiro atoms. The van der Waals surface area contributed by atoms with Crippen molar-refractivity contribution in [3.63, 3.8) is 0 Å². The molecular weight excluding hydrogens is 657 g/mol. The van der Waals surface area contributed by atoms with Crippen LogP contribution in [0.2, 0.25) is 0 Å². The van der Waals surface area contributed by atoms with E-state index in [1.165, 1.54) is 0 Å². The third kappa shape index (κ3) is 12.0. The van der Waals surface area contributed by atoms with E-state index in [2.05, 4.69) is 9.98 Å². The molecule has 0 aliphatic rings. The first kappa shape index (κ1) is 38.1. The number of benzene rings is 4. The number of phenolic OH excluding ortho intramolecular Hbond substituents is 2. The first-order valence-electron chi connectivity index (χ1n) is 12.2. The molecule has 0 saturated heterocycles. The maximum atomic E-state index is 13.0. The summed E-state index contributed by atoms with van der Waals surface area (Å²) in [5.41, 5.74) is -1.62. The zero-order chi connectivity index (χ0) is 33.2. The SMILES string of the molecule is CC(=O)[O-].CC(=O)[O-].Oc1ccc(C(F)(F)F)cc1C=Nc1cccc2cccc(N=Cc3cc(C(F)(F)F)ccc3O)c12.[Co+2]. The minimum Gasteiger partial charge on any atom is -0.550 e. The summed E-state index contributed by atoms with van der Waals surface area (Å²) in [5.74, 6) is -2.96. The van der Waals surface area contributed by atoms with Gasteiger partial charge in [0.1, 0.15) is 11.5 Å². The maximum absolute atomic E-state index is 13.0. The van der Waals surface area contributed by atoms with Gasteiger partial charge in [-0.1, -0.05) is 24.3 Å². The molecule has 1 radical (unpaired) electrons. The van der Waals surface area contributed by atoms with Crippen molar-refractivity contribution in [1.29, 1.82) is 0 Å². The number of aliphatic carboxylic acids is 2. The molecule has 0 atom stereocenters. The fourth-order valence-electron chi connectivity index (χ4n) is 3.46. The number of carboxylic acid groups (broad SMARTS) is 2. The molecule has 15 heteroatoms. The molecular formula is C30H22CoF6N2O6. The Balaban J connectivity index is 0.00000101. The van der Waals surface area contributed by atoms with Crippen LogP contribution in [-0.2, 0) is 38.7 Å². The number of phenols is 2. The van der Waals surface area contributed by atoms with Crippen LogP contribution in [0.5, 0.6) is 11.5 Å². The minimum absolute atomic E-state index is 0. The number of alkyl halides is 6. The maximum Gasteiger partial charge on any atom is 2.00 e. The molecule has 0 bridgehead atoms. The Morgan fingerprint density at radius 2 is 1.00 bits per heavy atom. The van der Waals surface area contributed by atoms with Crippen LogP contribution in [-0.4, -0.2) is 34.6 Å². The van der Waals surface area contributed by atoms with Crippen LogP contribution in [0.4, 0.5) is 37.7 Å². The molecule has 0 amide bonds. The number of halogens is 6. The predicted octanol–water partition coefficient (Wildman–Crippen LogP) is 5.30. The van der Waals surface area contributed by atoms with Crippen LogP contribution in [0.15, 0.2) is 82.8 Å². The average Bonchev–Trinajstić information content (AvgIpc) is 2.90. The van der Waals surface area contributed by atoms with Gasteiger partial charge in [-0.2, -0.15) is 26.3 Å². The van der Waals surface area contributed by atoms with Crippen LogP contribution >= 0.6 is 0 Å². The van der Waals surface area contributed by atoms with E-state index in [4.69, 9.17) is 19.8 Å². The molecule has 0 fully saturated rings. The van der Waals surface area contributed by atoms with Gasteiger partial charge in [-0.15, -0.1) is 0 Å². The van der Waals surface area contributed by atoms with Crippen molar-refractivity contribution < 1.29 is 73.1 Å². The van der Waals surface area contributed by atoms with Gasteiger partial charge in [0.2, 0.25) is 0 Å². The largest absolute Gasteiger partial charge is 2.00 e. The van der Waals surface area contributed by atoms with E-state index in [0.29, 0.717) is 22.1 Å². The normalized spacial score (nSPS) is 11.3. The molecule has 0 saturated carbocycles. The molecule has 4 aromatic carbocycles. The van der Waals surface area contributed by atoms with Crippen molar-refractivity contribution >= 4 is 46.5 Å². The molecule has 0 aromatic heterocycles. The number of hydrogen-bond donors (Lipinski definition) is 2. The second-order valence-corrected chi connectivity index (χ2v) is 8.69. The Bertz CT molecular complexity index is 1580. The smallest absolute Gasteiger partial charge is 0.550 e. The van der Waals surface area contributed by atoms with Gasteiger partial charge in [0, 0.05) is 40.9 Å². The third-order valence-electron chi connectivity index (χ3n) is 5.26. The molecule has 4 aromatic rings. The zero-order valence-electron chi connectivity index (χ0n) is 23.1. The van der Waals surface area contributed by atoms with Crippen molar-refractivity contribution in [1.82, 2.24) is 0 Å². The molecule has 239 valence electrons. The number of aromatic hydroxyl groups is 2. The summed E-state index contributed by atoms with van der Waals surface area (Å²) in [6.45, 7) is 1.94. The van der Waals surface area contributed by atoms with Crippen LogP contribution in [0.3, 0.4) is 0 Å². The number of aliphatic imine (C=N–C) groups is 2. The molecule has 45 heavy (non-hydrogen) atoms. The standard InChI is InChI=1S/C26H16F6N2O2.2C2H4O2.Co/c27-25(28,29)18-7-9-22(35)16(11-18)13-33-20-5-1-3-15-4-2-6-21(24(15)20)34-14-17-12-19(26(30,31)32)8-10-23(17)36;2*1-2(3)4;/h1-14,35-36H;2*1H3,(H,3,4);/q;;;+2/p-2. The van der Waals surface area contributed by atoms with Gasteiger partial charge in [-0.3, -0.25) is 9.98 Å². The first-order chi connectivity index (χ1) is 20.4.